The van der Waals surface area contributed by atoms with Gasteiger partial charge in [-0.05, 0) is 82.2 Å². The molecule has 1 aliphatic carbocycles. The van der Waals surface area contributed by atoms with Crippen LogP contribution in [0.4, 0.5) is 0 Å². The summed E-state index contributed by atoms with van der Waals surface area (Å²) < 4.78 is 12.3. The molecule has 1 aliphatic heterocycles. The van der Waals surface area contributed by atoms with Crippen molar-refractivity contribution >= 4 is 0 Å². The van der Waals surface area contributed by atoms with Crippen LogP contribution >= 0.6 is 0 Å². The quantitative estimate of drug-likeness (QED) is 0.883. The number of hydrogen-bond donors (Lipinski definition) is 1. The summed E-state index contributed by atoms with van der Waals surface area (Å²) in [6, 6.07) is 6.25. The van der Waals surface area contributed by atoms with E-state index in [-0.39, 0.29) is 6.23 Å². The molecule has 22 heavy (non-hydrogen) atoms. The van der Waals surface area contributed by atoms with Gasteiger partial charge in [0.1, 0.15) is 17.7 Å². The van der Waals surface area contributed by atoms with Gasteiger partial charge in [0.05, 0.1) is 6.10 Å². The Bertz CT molecular complexity index is 461. The van der Waals surface area contributed by atoms with E-state index in [4.69, 9.17) is 9.47 Å². The van der Waals surface area contributed by atoms with Crippen molar-refractivity contribution in [2.24, 2.45) is 0 Å². The summed E-state index contributed by atoms with van der Waals surface area (Å²) in [6.45, 7) is 3.18. The Morgan fingerprint density at radius 2 is 1.68 bits per heavy atom. The molecule has 3 heteroatoms. The van der Waals surface area contributed by atoms with E-state index in [1.807, 2.05) is 0 Å². The molecule has 0 aromatic heterocycles. The molecule has 3 nitrogen and oxygen atoms in total. The van der Waals surface area contributed by atoms with E-state index in [1.54, 1.807) is 0 Å². The Labute approximate surface area is 134 Å². The van der Waals surface area contributed by atoms with Crippen LogP contribution in [-0.4, -0.2) is 18.9 Å². The summed E-state index contributed by atoms with van der Waals surface area (Å²) in [7, 11) is 0. The third-order valence-corrected chi connectivity index (χ3v) is 4.79. The summed E-state index contributed by atoms with van der Waals surface area (Å²) in [4.78, 5) is 0. The Hall–Kier alpha value is -1.22. The predicted octanol–water partition coefficient (Wildman–Crippen LogP) is 4.58. The number of rotatable bonds is 4. The molecule has 1 aromatic carbocycles. The van der Waals surface area contributed by atoms with Gasteiger partial charge in [0.15, 0.2) is 0 Å². The van der Waals surface area contributed by atoms with Crippen molar-refractivity contribution in [3.8, 4) is 11.5 Å². The molecular weight excluding hydrogens is 274 g/mol. The molecule has 1 N–H and O–H groups in total. The molecule has 2 fully saturated rings. The minimum atomic E-state index is 0.159. The molecule has 1 aromatic rings. The normalized spacial score (nSPS) is 23.8. The number of nitrogens with one attached hydrogen (secondary N) is 1. The number of aryl methyl sites for hydroxylation is 1. The van der Waals surface area contributed by atoms with Crippen molar-refractivity contribution < 1.29 is 9.47 Å². The van der Waals surface area contributed by atoms with Crippen LogP contribution in [0.3, 0.4) is 0 Å². The number of ether oxygens (including phenoxy) is 2. The lowest BCUT2D eigenvalue weighted by molar-refractivity contribution is 0.151. The van der Waals surface area contributed by atoms with Crippen molar-refractivity contribution in [2.75, 3.05) is 6.54 Å². The second-order valence-corrected chi connectivity index (χ2v) is 6.72. The van der Waals surface area contributed by atoms with Crippen LogP contribution in [0.15, 0.2) is 18.2 Å². The molecule has 0 amide bonds. The highest BCUT2D eigenvalue weighted by atomic mass is 16.5. The first-order valence-corrected chi connectivity index (χ1v) is 8.98. The SMILES string of the molecule is Cc1cc(OC2CCCCCN2)ccc1OC1CCCCC1. The van der Waals surface area contributed by atoms with Crippen molar-refractivity contribution in [1.29, 1.82) is 0 Å². The first-order chi connectivity index (χ1) is 10.8. The van der Waals surface area contributed by atoms with Crippen LogP contribution in [0.5, 0.6) is 11.5 Å². The molecule has 0 radical (unpaired) electrons. The van der Waals surface area contributed by atoms with Crippen molar-refractivity contribution in [1.82, 2.24) is 5.32 Å². The zero-order chi connectivity index (χ0) is 15.2. The smallest absolute Gasteiger partial charge is 0.150 e. The van der Waals surface area contributed by atoms with E-state index < -0.39 is 0 Å². The summed E-state index contributed by atoms with van der Waals surface area (Å²) in [5, 5.41) is 3.48. The molecule has 2 aliphatic rings. The Morgan fingerprint density at radius 3 is 2.50 bits per heavy atom. The molecule has 0 spiro atoms. The lowest BCUT2D eigenvalue weighted by Crippen LogP contribution is -2.33. The third-order valence-electron chi connectivity index (χ3n) is 4.79. The predicted molar refractivity (Wildman–Crippen MR) is 89.6 cm³/mol. The highest BCUT2D eigenvalue weighted by molar-refractivity contribution is 5.39. The van der Waals surface area contributed by atoms with Gasteiger partial charge >= 0.3 is 0 Å². The first kappa shape index (κ1) is 15.7. The average molecular weight is 303 g/mol. The topological polar surface area (TPSA) is 30.5 Å². The van der Waals surface area contributed by atoms with Gasteiger partial charge in [0.2, 0.25) is 0 Å². The Balaban J connectivity index is 1.58. The monoisotopic (exact) mass is 303 g/mol. The average Bonchev–Trinajstić information content (AvgIpc) is 2.80. The molecular formula is C19H29NO2. The standard InChI is InChI=1S/C19H29NO2/c1-15-14-17(22-19-10-6-3-7-13-20-19)11-12-18(15)21-16-8-4-2-5-9-16/h11-12,14,16,19-20H,2-10,13H2,1H3. The van der Waals surface area contributed by atoms with Crippen LogP contribution in [0.25, 0.3) is 0 Å². The summed E-state index contributed by atoms with van der Waals surface area (Å²) in [5.41, 5.74) is 1.18. The van der Waals surface area contributed by atoms with Gasteiger partial charge in [-0.15, -0.1) is 0 Å². The second kappa shape index (κ2) is 7.87. The van der Waals surface area contributed by atoms with E-state index >= 15 is 0 Å². The Morgan fingerprint density at radius 1 is 0.909 bits per heavy atom. The lowest BCUT2D eigenvalue weighted by Gasteiger charge is -2.24. The van der Waals surface area contributed by atoms with E-state index in [2.05, 4.69) is 30.4 Å². The third kappa shape index (κ3) is 4.39. The summed E-state index contributed by atoms with van der Waals surface area (Å²) >= 11 is 0. The first-order valence-electron chi connectivity index (χ1n) is 8.98. The van der Waals surface area contributed by atoms with Crippen LogP contribution in [0.2, 0.25) is 0 Å². The van der Waals surface area contributed by atoms with E-state index in [9.17, 15) is 0 Å². The van der Waals surface area contributed by atoms with Gasteiger partial charge in [-0.3, -0.25) is 5.32 Å². The molecule has 1 heterocycles. The molecule has 1 atom stereocenters. The van der Waals surface area contributed by atoms with Crippen LogP contribution in [0.1, 0.15) is 63.4 Å². The van der Waals surface area contributed by atoms with Crippen LogP contribution in [-0.2, 0) is 0 Å². The molecule has 1 saturated heterocycles. The van der Waals surface area contributed by atoms with Gasteiger partial charge in [-0.2, -0.15) is 0 Å². The van der Waals surface area contributed by atoms with Gasteiger partial charge < -0.3 is 9.47 Å². The highest BCUT2D eigenvalue weighted by Crippen LogP contribution is 2.29. The molecule has 122 valence electrons. The fourth-order valence-corrected chi connectivity index (χ4v) is 3.45. The van der Waals surface area contributed by atoms with Gasteiger partial charge in [0.25, 0.3) is 0 Å². The van der Waals surface area contributed by atoms with Gasteiger partial charge in [-0.25, -0.2) is 0 Å². The lowest BCUT2D eigenvalue weighted by atomic mass is 9.98. The minimum absolute atomic E-state index is 0.159. The summed E-state index contributed by atoms with van der Waals surface area (Å²) in [5.74, 6) is 1.97. The van der Waals surface area contributed by atoms with Crippen molar-refractivity contribution in [3.05, 3.63) is 23.8 Å². The van der Waals surface area contributed by atoms with E-state index in [0.29, 0.717) is 6.10 Å². The minimum Gasteiger partial charge on any atom is -0.490 e. The zero-order valence-electron chi connectivity index (χ0n) is 13.8. The maximum Gasteiger partial charge on any atom is 0.150 e. The largest absolute Gasteiger partial charge is 0.490 e. The number of benzene rings is 1. The molecule has 1 unspecified atom stereocenters. The van der Waals surface area contributed by atoms with Crippen LogP contribution < -0.4 is 14.8 Å². The molecule has 0 bridgehead atoms. The van der Waals surface area contributed by atoms with Gasteiger partial charge in [0, 0.05) is 0 Å². The van der Waals surface area contributed by atoms with Crippen molar-refractivity contribution in [2.45, 2.75) is 77.0 Å². The van der Waals surface area contributed by atoms with Gasteiger partial charge in [-0.1, -0.05) is 12.8 Å². The van der Waals surface area contributed by atoms with Crippen molar-refractivity contribution in [3.63, 3.8) is 0 Å². The zero-order valence-corrected chi connectivity index (χ0v) is 13.8. The maximum absolute atomic E-state index is 6.18. The molecule has 3 rings (SSSR count). The fraction of sp³-hybridized carbons (Fsp3) is 0.684. The highest BCUT2D eigenvalue weighted by Gasteiger charge is 2.17. The summed E-state index contributed by atoms with van der Waals surface area (Å²) in [6.07, 6.45) is 11.8. The van der Waals surface area contributed by atoms with Crippen LogP contribution in [0, 0.1) is 6.92 Å². The number of hydrogen-bond acceptors (Lipinski definition) is 3. The van der Waals surface area contributed by atoms with E-state index in [0.717, 1.165) is 24.5 Å². The molecule has 1 saturated carbocycles. The van der Waals surface area contributed by atoms with E-state index in [1.165, 1.54) is 56.9 Å². The fourth-order valence-electron chi connectivity index (χ4n) is 3.45. The Kier molecular flexibility index (Phi) is 5.60. The second-order valence-electron chi connectivity index (χ2n) is 6.72. The maximum atomic E-state index is 6.18.